The zero-order valence-electron chi connectivity index (χ0n) is 28.2. The highest BCUT2D eigenvalue weighted by molar-refractivity contribution is 6.32. The van der Waals surface area contributed by atoms with Gasteiger partial charge in [0.1, 0.15) is 24.7 Å². The molecule has 0 unspecified atom stereocenters. The highest BCUT2D eigenvalue weighted by Gasteiger charge is 2.37. The van der Waals surface area contributed by atoms with Crippen molar-refractivity contribution >= 4 is 23.3 Å². The molecule has 0 amide bonds. The van der Waals surface area contributed by atoms with Crippen LogP contribution in [-0.2, 0) is 14.3 Å². The van der Waals surface area contributed by atoms with Gasteiger partial charge in [-0.2, -0.15) is 0 Å². The smallest absolute Gasteiger partial charge is 0.340 e. The van der Waals surface area contributed by atoms with E-state index in [1.165, 1.54) is 0 Å². The van der Waals surface area contributed by atoms with Crippen molar-refractivity contribution in [1.82, 2.24) is 9.97 Å². The fourth-order valence-corrected chi connectivity index (χ4v) is 5.66. The van der Waals surface area contributed by atoms with Crippen LogP contribution in [0.4, 0.5) is 5.69 Å². The molecule has 9 heteroatoms. The molecule has 3 heterocycles. The molecule has 8 nitrogen and oxygen atoms in total. The third kappa shape index (κ3) is 9.10. The van der Waals surface area contributed by atoms with Gasteiger partial charge in [-0.25, -0.2) is 4.79 Å². The number of pyridine rings is 2. The number of ether oxygens (including phenoxy) is 4. The average Bonchev–Trinajstić information content (AvgIpc) is 2.95. The topological polar surface area (TPSA) is 83.0 Å². The number of para-hydroxylation sites is 1. The van der Waals surface area contributed by atoms with E-state index in [1.807, 2.05) is 85.0 Å². The Balaban J connectivity index is 1.66. The van der Waals surface area contributed by atoms with Gasteiger partial charge in [0.15, 0.2) is 6.10 Å². The Morgan fingerprint density at radius 3 is 2.29 bits per heavy atom. The number of rotatable bonds is 11. The molecule has 1 fully saturated rings. The third-order valence-electron chi connectivity index (χ3n) is 7.79. The lowest BCUT2D eigenvalue weighted by Crippen LogP contribution is -2.39. The standard InChI is InChI=1S/C36H48ClN3O5/c1-23(2)44-34(41)33(45-35(5,6)7)30-25(4)38-22-27(31(30)40-17-15-36(8,9)16-18-40)29-14-13-26(21-39-29)42-19-20-43-32-24(3)11-10-12-28(32)37/h10-14,21-23,33H,15-20H2,1-9H3/t33-/m0/s1. The number of hydrogen-bond donors (Lipinski definition) is 0. The summed E-state index contributed by atoms with van der Waals surface area (Å²) in [7, 11) is 0. The van der Waals surface area contributed by atoms with E-state index in [2.05, 4.69) is 18.7 Å². The Morgan fingerprint density at radius 1 is 1.00 bits per heavy atom. The van der Waals surface area contributed by atoms with E-state index in [4.69, 9.17) is 40.5 Å². The molecule has 3 aromatic rings. The molecule has 244 valence electrons. The lowest BCUT2D eigenvalue weighted by atomic mass is 9.82. The summed E-state index contributed by atoms with van der Waals surface area (Å²) < 4.78 is 24.0. The van der Waals surface area contributed by atoms with Gasteiger partial charge in [-0.1, -0.05) is 37.6 Å². The summed E-state index contributed by atoms with van der Waals surface area (Å²) in [5, 5.41) is 0.577. The highest BCUT2D eigenvalue weighted by atomic mass is 35.5. The molecule has 0 bridgehead atoms. The highest BCUT2D eigenvalue weighted by Crippen LogP contribution is 2.43. The first kappa shape index (κ1) is 34.5. The molecule has 1 aromatic carbocycles. The minimum absolute atomic E-state index is 0.238. The number of aryl methyl sites for hydroxylation is 2. The average molecular weight is 638 g/mol. The number of nitrogens with zero attached hydrogens (tertiary/aromatic N) is 3. The molecular formula is C36H48ClN3O5. The molecule has 2 aromatic heterocycles. The van der Waals surface area contributed by atoms with E-state index in [9.17, 15) is 4.79 Å². The van der Waals surface area contributed by atoms with Crippen LogP contribution in [0.15, 0.2) is 42.7 Å². The van der Waals surface area contributed by atoms with E-state index in [-0.39, 0.29) is 11.5 Å². The zero-order chi connectivity index (χ0) is 32.9. The van der Waals surface area contributed by atoms with Gasteiger partial charge in [0.05, 0.1) is 34.3 Å². The van der Waals surface area contributed by atoms with Gasteiger partial charge in [0, 0.05) is 36.1 Å². The summed E-state index contributed by atoms with van der Waals surface area (Å²) >= 11 is 6.28. The van der Waals surface area contributed by atoms with Crippen LogP contribution in [0, 0.1) is 19.3 Å². The molecule has 0 spiro atoms. The quantitative estimate of drug-likeness (QED) is 0.153. The third-order valence-corrected chi connectivity index (χ3v) is 8.09. The van der Waals surface area contributed by atoms with Gasteiger partial charge in [-0.15, -0.1) is 0 Å². The van der Waals surface area contributed by atoms with E-state index in [0.717, 1.165) is 59.7 Å². The first-order valence-electron chi connectivity index (χ1n) is 15.7. The van der Waals surface area contributed by atoms with Gasteiger partial charge >= 0.3 is 5.97 Å². The minimum Gasteiger partial charge on any atom is -0.488 e. The van der Waals surface area contributed by atoms with Crippen molar-refractivity contribution in [2.45, 2.75) is 93.0 Å². The SMILES string of the molecule is Cc1cccc(Cl)c1OCCOc1ccc(-c2cnc(C)c([C@H](OC(C)(C)C)C(=O)OC(C)C)c2N2CCC(C)(C)CC2)nc1. The van der Waals surface area contributed by atoms with Crippen LogP contribution in [0.3, 0.4) is 0 Å². The van der Waals surface area contributed by atoms with Crippen LogP contribution in [-0.4, -0.2) is 53.9 Å². The molecule has 1 atom stereocenters. The van der Waals surface area contributed by atoms with Gasteiger partial charge in [0.25, 0.3) is 0 Å². The molecule has 45 heavy (non-hydrogen) atoms. The number of hydrogen-bond acceptors (Lipinski definition) is 8. The van der Waals surface area contributed by atoms with Crippen molar-refractivity contribution in [2.75, 3.05) is 31.2 Å². The lowest BCUT2D eigenvalue weighted by molar-refractivity contribution is -0.171. The summed E-state index contributed by atoms with van der Waals surface area (Å²) in [6, 6.07) is 9.48. The maximum atomic E-state index is 13.6. The molecular weight excluding hydrogens is 590 g/mol. The minimum atomic E-state index is -0.950. The monoisotopic (exact) mass is 637 g/mol. The van der Waals surface area contributed by atoms with Crippen molar-refractivity contribution in [3.05, 3.63) is 64.6 Å². The Morgan fingerprint density at radius 2 is 1.69 bits per heavy atom. The number of halogens is 1. The van der Waals surface area contributed by atoms with E-state index >= 15 is 0 Å². The van der Waals surface area contributed by atoms with Crippen LogP contribution in [0.2, 0.25) is 5.02 Å². The molecule has 0 radical (unpaired) electrons. The maximum absolute atomic E-state index is 13.6. The summed E-state index contributed by atoms with van der Waals surface area (Å²) in [5.74, 6) is 0.860. The van der Waals surface area contributed by atoms with Crippen molar-refractivity contribution < 1.29 is 23.7 Å². The maximum Gasteiger partial charge on any atom is 0.340 e. The molecule has 0 saturated carbocycles. The predicted molar refractivity (Wildman–Crippen MR) is 179 cm³/mol. The number of benzene rings is 1. The Kier molecular flexibility index (Phi) is 11.0. The second-order valence-corrected chi connectivity index (χ2v) is 14.1. The van der Waals surface area contributed by atoms with Crippen LogP contribution >= 0.6 is 11.6 Å². The Bertz CT molecular complexity index is 1440. The number of piperidine rings is 1. The summed E-state index contributed by atoms with van der Waals surface area (Å²) in [6.07, 6.45) is 4.35. The normalized spacial score (nSPS) is 15.6. The molecule has 0 aliphatic carbocycles. The van der Waals surface area contributed by atoms with Crippen LogP contribution in [0.25, 0.3) is 11.3 Å². The van der Waals surface area contributed by atoms with Gasteiger partial charge in [0.2, 0.25) is 0 Å². The predicted octanol–water partition coefficient (Wildman–Crippen LogP) is 8.31. The number of anilines is 1. The van der Waals surface area contributed by atoms with Crippen molar-refractivity contribution in [3.8, 4) is 22.8 Å². The van der Waals surface area contributed by atoms with Crippen LogP contribution in [0.5, 0.6) is 11.5 Å². The molecule has 1 aliphatic heterocycles. The molecule has 0 N–H and O–H groups in total. The lowest BCUT2D eigenvalue weighted by Gasteiger charge is -2.41. The largest absolute Gasteiger partial charge is 0.488 e. The Hall–Kier alpha value is -3.36. The van der Waals surface area contributed by atoms with Crippen molar-refractivity contribution in [3.63, 3.8) is 0 Å². The van der Waals surface area contributed by atoms with Crippen LogP contribution < -0.4 is 14.4 Å². The molecule has 1 aliphatic rings. The fourth-order valence-electron chi connectivity index (χ4n) is 5.39. The number of carbonyl (C=O) groups is 1. The fraction of sp³-hybridized carbons (Fsp3) is 0.528. The van der Waals surface area contributed by atoms with Gasteiger partial charge < -0.3 is 23.8 Å². The second kappa shape index (κ2) is 14.4. The van der Waals surface area contributed by atoms with Crippen LogP contribution in [0.1, 0.15) is 84.2 Å². The zero-order valence-corrected chi connectivity index (χ0v) is 29.0. The molecule has 4 rings (SSSR count). The van der Waals surface area contributed by atoms with Crippen molar-refractivity contribution in [1.29, 1.82) is 0 Å². The molecule has 1 saturated heterocycles. The summed E-state index contributed by atoms with van der Waals surface area (Å²) in [4.78, 5) is 25.5. The van der Waals surface area contributed by atoms with E-state index in [0.29, 0.717) is 29.7 Å². The van der Waals surface area contributed by atoms with Gasteiger partial charge in [-0.3, -0.25) is 9.97 Å². The number of aromatic nitrogens is 2. The van der Waals surface area contributed by atoms with Crippen molar-refractivity contribution in [2.24, 2.45) is 5.41 Å². The van der Waals surface area contributed by atoms with E-state index < -0.39 is 17.7 Å². The summed E-state index contributed by atoms with van der Waals surface area (Å²) in [6.45, 7) is 20.4. The first-order valence-corrected chi connectivity index (χ1v) is 16.1. The second-order valence-electron chi connectivity index (χ2n) is 13.7. The Labute approximate surface area is 273 Å². The first-order chi connectivity index (χ1) is 21.1. The van der Waals surface area contributed by atoms with Gasteiger partial charge in [-0.05, 0) is 90.5 Å². The number of esters is 1. The van der Waals surface area contributed by atoms with E-state index in [1.54, 1.807) is 6.20 Å². The number of carbonyl (C=O) groups excluding carboxylic acids is 1. The summed E-state index contributed by atoms with van der Waals surface area (Å²) in [5.41, 5.74) is 4.53.